The molecule has 0 aliphatic carbocycles. The van der Waals surface area contributed by atoms with E-state index in [-0.39, 0.29) is 23.5 Å². The van der Waals surface area contributed by atoms with Gasteiger partial charge in [-0.05, 0) is 19.8 Å². The summed E-state index contributed by atoms with van der Waals surface area (Å²) in [5.41, 5.74) is 4.47. The van der Waals surface area contributed by atoms with E-state index >= 15 is 0 Å². The summed E-state index contributed by atoms with van der Waals surface area (Å²) in [4.78, 5) is 23.4. The zero-order chi connectivity index (χ0) is 15.9. The lowest BCUT2D eigenvalue weighted by Crippen LogP contribution is -2.50. The molecule has 2 rings (SSSR count). The van der Waals surface area contributed by atoms with Crippen LogP contribution in [0, 0.1) is 0 Å². The van der Waals surface area contributed by atoms with Crippen molar-refractivity contribution in [3.8, 4) is 0 Å². The van der Waals surface area contributed by atoms with Gasteiger partial charge in [-0.3, -0.25) is 9.36 Å². The molecule has 2 unspecified atom stereocenters. The second kappa shape index (κ2) is 5.39. The summed E-state index contributed by atoms with van der Waals surface area (Å²) < 4.78 is 28.6. The van der Waals surface area contributed by atoms with Crippen molar-refractivity contribution >= 4 is 10.0 Å². The summed E-state index contributed by atoms with van der Waals surface area (Å²) in [6.45, 7) is 2.04. The molecule has 8 nitrogen and oxygen atoms in total. The van der Waals surface area contributed by atoms with Crippen LogP contribution in [-0.4, -0.2) is 40.5 Å². The van der Waals surface area contributed by atoms with Gasteiger partial charge < -0.3 is 10.3 Å². The Morgan fingerprint density at radius 3 is 2.48 bits per heavy atom. The summed E-state index contributed by atoms with van der Waals surface area (Å²) in [6.07, 6.45) is 2.18. The van der Waals surface area contributed by atoms with Gasteiger partial charge in [0, 0.05) is 38.9 Å². The molecule has 0 aromatic carbocycles. The Kier molecular flexibility index (Phi) is 4.09. The summed E-state index contributed by atoms with van der Waals surface area (Å²) in [6, 6.07) is -0.310. The minimum absolute atomic E-state index is 0.0330. The van der Waals surface area contributed by atoms with Crippen molar-refractivity contribution in [1.82, 2.24) is 13.4 Å². The first-order valence-electron chi connectivity index (χ1n) is 6.70. The van der Waals surface area contributed by atoms with E-state index < -0.39 is 21.3 Å². The van der Waals surface area contributed by atoms with Crippen molar-refractivity contribution < 1.29 is 8.42 Å². The Morgan fingerprint density at radius 2 is 1.90 bits per heavy atom. The minimum atomic E-state index is -3.94. The van der Waals surface area contributed by atoms with Crippen LogP contribution in [-0.2, 0) is 24.1 Å². The molecule has 0 bridgehead atoms. The van der Waals surface area contributed by atoms with Crippen molar-refractivity contribution in [1.29, 1.82) is 0 Å². The maximum absolute atomic E-state index is 12.7. The van der Waals surface area contributed by atoms with E-state index in [2.05, 4.69) is 0 Å². The maximum Gasteiger partial charge on any atom is 0.330 e. The van der Waals surface area contributed by atoms with Gasteiger partial charge >= 0.3 is 5.69 Å². The Labute approximate surface area is 122 Å². The number of nitrogens with two attached hydrogens (primary N) is 1. The van der Waals surface area contributed by atoms with Gasteiger partial charge in [0.1, 0.15) is 0 Å². The molecule has 1 fully saturated rings. The summed E-state index contributed by atoms with van der Waals surface area (Å²) in [5.74, 6) is 0. The van der Waals surface area contributed by atoms with Crippen LogP contribution in [0.15, 0.2) is 20.7 Å². The van der Waals surface area contributed by atoms with Crippen LogP contribution in [0.5, 0.6) is 0 Å². The first kappa shape index (κ1) is 15.9. The Hall–Kier alpha value is -1.45. The van der Waals surface area contributed by atoms with Crippen LogP contribution in [0.3, 0.4) is 0 Å². The maximum atomic E-state index is 12.7. The highest BCUT2D eigenvalue weighted by atomic mass is 32.2. The smallest absolute Gasteiger partial charge is 0.328 e. The van der Waals surface area contributed by atoms with Gasteiger partial charge in [0.2, 0.25) is 10.0 Å². The third-order valence-corrected chi connectivity index (χ3v) is 5.85. The molecular formula is C12H20N4O4S. The van der Waals surface area contributed by atoms with E-state index in [4.69, 9.17) is 5.73 Å². The second-order valence-electron chi connectivity index (χ2n) is 5.50. The molecule has 0 amide bonds. The van der Waals surface area contributed by atoms with Gasteiger partial charge in [-0.2, -0.15) is 4.31 Å². The summed E-state index contributed by atoms with van der Waals surface area (Å²) >= 11 is 0. The zero-order valence-corrected chi connectivity index (χ0v) is 13.1. The van der Waals surface area contributed by atoms with Gasteiger partial charge in [-0.1, -0.05) is 0 Å². The predicted molar refractivity (Wildman–Crippen MR) is 77.5 cm³/mol. The largest absolute Gasteiger partial charge is 0.330 e. The van der Waals surface area contributed by atoms with Crippen molar-refractivity contribution in [2.24, 2.45) is 19.8 Å². The highest BCUT2D eigenvalue weighted by molar-refractivity contribution is 7.89. The highest BCUT2D eigenvalue weighted by Gasteiger charge is 2.35. The Balaban J connectivity index is 2.56. The number of sulfonamides is 1. The first-order chi connectivity index (χ1) is 9.66. The molecule has 0 radical (unpaired) electrons. The minimum Gasteiger partial charge on any atom is -0.328 e. The lowest BCUT2D eigenvalue weighted by Gasteiger charge is -2.35. The molecule has 2 heterocycles. The SMILES string of the molecule is CC1CC(N)CCN1S(=O)(=O)c1cn(C)c(=O)n(C)c1=O. The van der Waals surface area contributed by atoms with E-state index in [1.807, 2.05) is 0 Å². The van der Waals surface area contributed by atoms with Crippen LogP contribution in [0.2, 0.25) is 0 Å². The number of aryl methyl sites for hydroxylation is 1. The van der Waals surface area contributed by atoms with E-state index in [1.54, 1.807) is 6.92 Å². The number of rotatable bonds is 2. The molecule has 21 heavy (non-hydrogen) atoms. The quantitative estimate of drug-likeness (QED) is 0.721. The summed E-state index contributed by atoms with van der Waals surface area (Å²) in [5, 5.41) is 0. The number of nitrogens with zero attached hydrogens (tertiary/aromatic N) is 3. The molecule has 9 heteroatoms. The van der Waals surface area contributed by atoms with E-state index in [0.717, 1.165) is 15.3 Å². The second-order valence-corrected chi connectivity index (χ2v) is 7.36. The van der Waals surface area contributed by atoms with Crippen LogP contribution < -0.4 is 17.0 Å². The van der Waals surface area contributed by atoms with Gasteiger partial charge in [-0.15, -0.1) is 0 Å². The van der Waals surface area contributed by atoms with Crippen LogP contribution in [0.4, 0.5) is 0 Å². The first-order valence-corrected chi connectivity index (χ1v) is 8.14. The average molecular weight is 316 g/mol. The fraction of sp³-hybridized carbons (Fsp3) is 0.667. The third-order valence-electron chi connectivity index (χ3n) is 3.86. The molecule has 1 aromatic rings. The third kappa shape index (κ3) is 2.68. The van der Waals surface area contributed by atoms with Crippen LogP contribution in [0.1, 0.15) is 19.8 Å². The lowest BCUT2D eigenvalue weighted by molar-refractivity contribution is 0.247. The van der Waals surface area contributed by atoms with Crippen LogP contribution in [0.25, 0.3) is 0 Å². The number of hydrogen-bond donors (Lipinski definition) is 1. The molecule has 0 saturated carbocycles. The van der Waals surface area contributed by atoms with Crippen molar-refractivity contribution in [2.45, 2.75) is 36.7 Å². The molecule has 1 aliphatic heterocycles. The molecule has 118 valence electrons. The normalized spacial score (nSPS) is 24.2. The van der Waals surface area contributed by atoms with E-state index in [1.165, 1.54) is 18.4 Å². The topological polar surface area (TPSA) is 107 Å². The van der Waals surface area contributed by atoms with Gasteiger partial charge in [0.05, 0.1) is 0 Å². The highest BCUT2D eigenvalue weighted by Crippen LogP contribution is 2.22. The van der Waals surface area contributed by atoms with Crippen molar-refractivity contribution in [3.63, 3.8) is 0 Å². The Bertz CT molecular complexity index is 764. The fourth-order valence-corrected chi connectivity index (χ4v) is 4.43. The van der Waals surface area contributed by atoms with Crippen molar-refractivity contribution in [2.75, 3.05) is 6.54 Å². The molecular weight excluding hydrogens is 296 g/mol. The van der Waals surface area contributed by atoms with E-state index in [9.17, 15) is 18.0 Å². The standard InChI is InChI=1S/C12H20N4O4S/c1-8-6-9(13)4-5-16(8)21(19,20)10-7-14(2)12(18)15(3)11(10)17/h7-9H,4-6,13H2,1-3H3. The van der Waals surface area contributed by atoms with Crippen LogP contribution >= 0.6 is 0 Å². The van der Waals surface area contributed by atoms with Crippen molar-refractivity contribution in [3.05, 3.63) is 27.0 Å². The number of hydrogen-bond acceptors (Lipinski definition) is 5. The van der Waals surface area contributed by atoms with Gasteiger partial charge in [-0.25, -0.2) is 13.2 Å². The van der Waals surface area contributed by atoms with E-state index in [0.29, 0.717) is 12.8 Å². The number of aromatic nitrogens is 2. The molecule has 2 atom stereocenters. The average Bonchev–Trinajstić information content (AvgIpc) is 2.39. The fourth-order valence-electron chi connectivity index (χ4n) is 2.62. The molecule has 1 aromatic heterocycles. The molecule has 2 N–H and O–H groups in total. The van der Waals surface area contributed by atoms with Gasteiger partial charge in [0.15, 0.2) is 4.90 Å². The molecule has 0 spiro atoms. The molecule has 1 saturated heterocycles. The monoisotopic (exact) mass is 316 g/mol. The summed E-state index contributed by atoms with van der Waals surface area (Å²) in [7, 11) is -1.27. The number of piperidine rings is 1. The van der Waals surface area contributed by atoms with Gasteiger partial charge in [0.25, 0.3) is 5.56 Å². The zero-order valence-electron chi connectivity index (χ0n) is 12.3. The Morgan fingerprint density at radius 1 is 1.29 bits per heavy atom. The molecule has 1 aliphatic rings. The predicted octanol–water partition coefficient (Wildman–Crippen LogP) is -1.42. The lowest BCUT2D eigenvalue weighted by atomic mass is 10.0.